The van der Waals surface area contributed by atoms with Crippen LogP contribution in [0.5, 0.6) is 0 Å². The van der Waals surface area contributed by atoms with Crippen molar-refractivity contribution >= 4 is 11.4 Å². The van der Waals surface area contributed by atoms with Gasteiger partial charge < -0.3 is 10.2 Å². The Morgan fingerprint density at radius 1 is 1.10 bits per heavy atom. The van der Waals surface area contributed by atoms with Crippen molar-refractivity contribution in [2.24, 2.45) is 0 Å². The van der Waals surface area contributed by atoms with E-state index in [1.165, 1.54) is 17.3 Å². The molecule has 2 aliphatic rings. The van der Waals surface area contributed by atoms with Crippen molar-refractivity contribution in [2.75, 3.05) is 18.0 Å². The van der Waals surface area contributed by atoms with Crippen molar-refractivity contribution in [1.29, 1.82) is 0 Å². The first-order chi connectivity index (χ1) is 9.84. The van der Waals surface area contributed by atoms with Gasteiger partial charge in [-0.25, -0.2) is 4.39 Å². The number of rotatable bonds is 1. The third-order valence-corrected chi connectivity index (χ3v) is 4.46. The monoisotopic (exact) mass is 268 g/mol. The number of piperidine rings is 1. The minimum atomic E-state index is -0.169. The number of anilines is 2. The fourth-order valence-corrected chi connectivity index (χ4v) is 3.63. The van der Waals surface area contributed by atoms with Gasteiger partial charge in [-0.3, -0.25) is 0 Å². The number of fused-ring (bicyclic) bond motifs is 3. The van der Waals surface area contributed by atoms with Gasteiger partial charge in [-0.05, 0) is 42.8 Å². The molecule has 4 rings (SSSR count). The van der Waals surface area contributed by atoms with E-state index in [0.717, 1.165) is 25.2 Å². The highest BCUT2D eigenvalue weighted by Gasteiger charge is 2.40. The number of nitrogens with zero attached hydrogens (tertiary/aromatic N) is 1. The zero-order chi connectivity index (χ0) is 13.5. The number of nitrogens with one attached hydrogen (secondary N) is 1. The van der Waals surface area contributed by atoms with Crippen LogP contribution in [0.1, 0.15) is 17.9 Å². The molecule has 1 fully saturated rings. The average Bonchev–Trinajstić information content (AvgIpc) is 2.82. The molecular weight excluding hydrogens is 251 g/mol. The molecule has 1 N–H and O–H groups in total. The second-order valence-electron chi connectivity index (χ2n) is 5.58. The Bertz CT molecular complexity index is 640. The van der Waals surface area contributed by atoms with Crippen LogP contribution in [0, 0.1) is 5.82 Å². The summed E-state index contributed by atoms with van der Waals surface area (Å²) < 4.78 is 13.6. The minimum absolute atomic E-state index is 0.169. The third-order valence-electron chi connectivity index (χ3n) is 4.46. The molecule has 2 atom stereocenters. The van der Waals surface area contributed by atoms with Gasteiger partial charge in [0, 0.05) is 29.9 Å². The highest BCUT2D eigenvalue weighted by molar-refractivity contribution is 5.73. The van der Waals surface area contributed by atoms with Gasteiger partial charge in [0.15, 0.2) is 0 Å². The van der Waals surface area contributed by atoms with E-state index in [-0.39, 0.29) is 5.82 Å². The normalized spacial score (nSPS) is 24.4. The van der Waals surface area contributed by atoms with Crippen LogP contribution in [0.2, 0.25) is 0 Å². The molecule has 2 nitrogen and oxygen atoms in total. The SMILES string of the molecule is Fc1cccc(N2c3ccccc3C3CNCCC32)c1. The highest BCUT2D eigenvalue weighted by Crippen LogP contribution is 2.46. The van der Waals surface area contributed by atoms with E-state index in [9.17, 15) is 4.39 Å². The summed E-state index contributed by atoms with van der Waals surface area (Å²) in [5, 5.41) is 3.48. The zero-order valence-corrected chi connectivity index (χ0v) is 11.2. The maximum absolute atomic E-state index is 13.6. The molecule has 0 bridgehead atoms. The Labute approximate surface area is 118 Å². The average molecular weight is 268 g/mol. The van der Waals surface area contributed by atoms with Crippen LogP contribution in [0.3, 0.4) is 0 Å². The molecule has 3 heteroatoms. The van der Waals surface area contributed by atoms with Gasteiger partial charge >= 0.3 is 0 Å². The number of hydrogen-bond donors (Lipinski definition) is 1. The summed E-state index contributed by atoms with van der Waals surface area (Å²) in [6.07, 6.45) is 1.09. The largest absolute Gasteiger partial charge is 0.337 e. The molecule has 2 aromatic rings. The standard InChI is InChI=1S/C17H17FN2/c18-12-4-3-5-13(10-12)20-16-7-2-1-6-14(16)15-11-19-9-8-17(15)20/h1-7,10,15,17,19H,8-9,11H2. The smallest absolute Gasteiger partial charge is 0.125 e. The van der Waals surface area contributed by atoms with Gasteiger partial charge in [-0.1, -0.05) is 24.3 Å². The Hall–Kier alpha value is -1.87. The van der Waals surface area contributed by atoms with Crippen LogP contribution < -0.4 is 10.2 Å². The maximum Gasteiger partial charge on any atom is 0.125 e. The summed E-state index contributed by atoms with van der Waals surface area (Å²) in [6.45, 7) is 2.04. The van der Waals surface area contributed by atoms with Crippen molar-refractivity contribution in [1.82, 2.24) is 5.32 Å². The molecule has 2 heterocycles. The molecule has 2 aromatic carbocycles. The summed E-state index contributed by atoms with van der Waals surface area (Å²) in [5.41, 5.74) is 3.58. The fraction of sp³-hybridized carbons (Fsp3) is 0.294. The van der Waals surface area contributed by atoms with Gasteiger partial charge in [0.1, 0.15) is 5.82 Å². The lowest BCUT2D eigenvalue weighted by Crippen LogP contribution is -2.42. The van der Waals surface area contributed by atoms with E-state index in [1.807, 2.05) is 6.07 Å². The van der Waals surface area contributed by atoms with E-state index in [0.29, 0.717) is 12.0 Å². The summed E-state index contributed by atoms with van der Waals surface area (Å²) in [6, 6.07) is 15.9. The van der Waals surface area contributed by atoms with Gasteiger partial charge in [0.2, 0.25) is 0 Å². The lowest BCUT2D eigenvalue weighted by Gasteiger charge is -2.34. The number of hydrogen-bond acceptors (Lipinski definition) is 2. The van der Waals surface area contributed by atoms with Crippen molar-refractivity contribution < 1.29 is 4.39 Å². The van der Waals surface area contributed by atoms with Crippen LogP contribution >= 0.6 is 0 Å². The summed E-state index contributed by atoms with van der Waals surface area (Å²) in [4.78, 5) is 2.32. The Kier molecular flexibility index (Phi) is 2.74. The first-order valence-electron chi connectivity index (χ1n) is 7.19. The number of para-hydroxylation sites is 1. The Morgan fingerprint density at radius 3 is 2.90 bits per heavy atom. The highest BCUT2D eigenvalue weighted by atomic mass is 19.1. The molecule has 1 saturated heterocycles. The van der Waals surface area contributed by atoms with Crippen molar-refractivity contribution in [2.45, 2.75) is 18.4 Å². The molecule has 0 spiro atoms. The quantitative estimate of drug-likeness (QED) is 0.852. The number of halogens is 1. The predicted octanol–water partition coefficient (Wildman–Crippen LogP) is 3.42. The molecule has 20 heavy (non-hydrogen) atoms. The molecule has 0 radical (unpaired) electrons. The van der Waals surface area contributed by atoms with E-state index in [2.05, 4.69) is 34.5 Å². The second kappa shape index (κ2) is 4.60. The molecule has 0 amide bonds. The predicted molar refractivity (Wildman–Crippen MR) is 79.0 cm³/mol. The summed E-state index contributed by atoms with van der Waals surface area (Å²) in [5.74, 6) is 0.334. The van der Waals surface area contributed by atoms with E-state index in [1.54, 1.807) is 12.1 Å². The van der Waals surface area contributed by atoms with Crippen molar-refractivity contribution in [3.05, 3.63) is 59.9 Å². The first-order valence-corrected chi connectivity index (χ1v) is 7.19. The van der Waals surface area contributed by atoms with Gasteiger partial charge in [-0.15, -0.1) is 0 Å². The van der Waals surface area contributed by atoms with E-state index >= 15 is 0 Å². The van der Waals surface area contributed by atoms with Crippen LogP contribution in [-0.4, -0.2) is 19.1 Å². The molecule has 0 aliphatic carbocycles. The van der Waals surface area contributed by atoms with Crippen LogP contribution in [0.4, 0.5) is 15.8 Å². The number of benzene rings is 2. The third kappa shape index (κ3) is 1.74. The molecule has 2 unspecified atom stereocenters. The second-order valence-corrected chi connectivity index (χ2v) is 5.58. The zero-order valence-electron chi connectivity index (χ0n) is 11.2. The Balaban J connectivity index is 1.85. The van der Waals surface area contributed by atoms with Gasteiger partial charge in [0.05, 0.1) is 0 Å². The summed E-state index contributed by atoms with van der Waals surface area (Å²) in [7, 11) is 0. The molecule has 0 saturated carbocycles. The fourth-order valence-electron chi connectivity index (χ4n) is 3.63. The van der Waals surface area contributed by atoms with Crippen molar-refractivity contribution in [3.8, 4) is 0 Å². The lowest BCUT2D eigenvalue weighted by molar-refractivity contribution is 0.419. The van der Waals surface area contributed by atoms with E-state index < -0.39 is 0 Å². The summed E-state index contributed by atoms with van der Waals surface area (Å²) >= 11 is 0. The van der Waals surface area contributed by atoms with Gasteiger partial charge in [-0.2, -0.15) is 0 Å². The first kappa shape index (κ1) is 11.9. The Morgan fingerprint density at radius 2 is 2.00 bits per heavy atom. The maximum atomic E-state index is 13.6. The van der Waals surface area contributed by atoms with E-state index in [4.69, 9.17) is 0 Å². The van der Waals surface area contributed by atoms with Crippen LogP contribution in [-0.2, 0) is 0 Å². The molecule has 0 aromatic heterocycles. The van der Waals surface area contributed by atoms with Crippen molar-refractivity contribution in [3.63, 3.8) is 0 Å². The molecule has 2 aliphatic heterocycles. The van der Waals surface area contributed by atoms with Crippen LogP contribution in [0.15, 0.2) is 48.5 Å². The van der Waals surface area contributed by atoms with Gasteiger partial charge in [0.25, 0.3) is 0 Å². The molecular formula is C17H17FN2. The minimum Gasteiger partial charge on any atom is -0.337 e. The van der Waals surface area contributed by atoms with Crippen LogP contribution in [0.25, 0.3) is 0 Å². The topological polar surface area (TPSA) is 15.3 Å². The molecule has 102 valence electrons. The lowest BCUT2D eigenvalue weighted by atomic mass is 9.90.